The Hall–Kier alpha value is -3.16. The number of rotatable bonds is 6. The van der Waals surface area contributed by atoms with Crippen molar-refractivity contribution >= 4 is 28.8 Å². The van der Waals surface area contributed by atoms with Crippen molar-refractivity contribution in [1.29, 1.82) is 0 Å². The lowest BCUT2D eigenvalue weighted by atomic mass is 9.97. The SMILES string of the molecule is Cc1c(Cc2ccc(-n3cccn3)cc2)cc(C(=O)NCc2cscn2)c(O)c1Cl. The Kier molecular flexibility index (Phi) is 5.83. The highest BCUT2D eigenvalue weighted by molar-refractivity contribution is 7.07. The van der Waals surface area contributed by atoms with Gasteiger partial charge in [-0.2, -0.15) is 5.10 Å². The molecule has 4 aromatic rings. The number of phenols is 1. The first-order valence-corrected chi connectivity index (χ1v) is 10.6. The van der Waals surface area contributed by atoms with Crippen LogP contribution in [0.2, 0.25) is 5.02 Å². The second-order valence-electron chi connectivity index (χ2n) is 6.83. The summed E-state index contributed by atoms with van der Waals surface area (Å²) in [4.78, 5) is 16.8. The molecule has 2 aromatic heterocycles. The van der Waals surface area contributed by atoms with E-state index in [9.17, 15) is 9.90 Å². The molecule has 30 heavy (non-hydrogen) atoms. The molecule has 0 aliphatic heterocycles. The van der Waals surface area contributed by atoms with Crippen LogP contribution in [0.4, 0.5) is 0 Å². The molecule has 2 heterocycles. The zero-order valence-corrected chi connectivity index (χ0v) is 17.7. The molecular weight excluding hydrogens is 420 g/mol. The molecule has 152 valence electrons. The lowest BCUT2D eigenvalue weighted by molar-refractivity contribution is 0.0947. The molecule has 0 atom stereocenters. The molecule has 8 heteroatoms. The summed E-state index contributed by atoms with van der Waals surface area (Å²) in [5, 5.41) is 19.5. The van der Waals surface area contributed by atoms with Crippen molar-refractivity contribution in [3.8, 4) is 11.4 Å². The number of carbonyl (C=O) groups is 1. The molecule has 6 nitrogen and oxygen atoms in total. The van der Waals surface area contributed by atoms with Crippen molar-refractivity contribution < 1.29 is 9.90 Å². The van der Waals surface area contributed by atoms with Gasteiger partial charge < -0.3 is 10.4 Å². The van der Waals surface area contributed by atoms with Crippen LogP contribution >= 0.6 is 22.9 Å². The van der Waals surface area contributed by atoms with Gasteiger partial charge >= 0.3 is 0 Å². The van der Waals surface area contributed by atoms with Gasteiger partial charge in [0.05, 0.1) is 34.0 Å². The number of nitrogens with zero attached hydrogens (tertiary/aromatic N) is 3. The smallest absolute Gasteiger partial charge is 0.255 e. The third kappa shape index (κ3) is 4.22. The Bertz CT molecular complexity index is 1160. The summed E-state index contributed by atoms with van der Waals surface area (Å²) >= 11 is 7.80. The summed E-state index contributed by atoms with van der Waals surface area (Å²) in [5.41, 5.74) is 6.28. The van der Waals surface area contributed by atoms with Crippen LogP contribution in [0.25, 0.3) is 5.69 Å². The summed E-state index contributed by atoms with van der Waals surface area (Å²) in [6, 6.07) is 11.6. The minimum atomic E-state index is -0.391. The normalized spacial score (nSPS) is 10.9. The zero-order valence-electron chi connectivity index (χ0n) is 16.2. The highest BCUT2D eigenvalue weighted by Crippen LogP contribution is 2.34. The van der Waals surface area contributed by atoms with E-state index in [1.807, 2.05) is 48.8 Å². The molecule has 0 spiro atoms. The fraction of sp³-hybridized carbons (Fsp3) is 0.136. The van der Waals surface area contributed by atoms with E-state index in [2.05, 4.69) is 15.4 Å². The van der Waals surface area contributed by atoms with Gasteiger partial charge in [0.2, 0.25) is 0 Å². The van der Waals surface area contributed by atoms with Gasteiger partial charge in [-0.3, -0.25) is 4.79 Å². The fourth-order valence-electron chi connectivity index (χ4n) is 3.14. The van der Waals surface area contributed by atoms with E-state index in [1.165, 1.54) is 11.3 Å². The number of halogens is 1. The first-order valence-electron chi connectivity index (χ1n) is 9.28. The Balaban J connectivity index is 1.56. The van der Waals surface area contributed by atoms with Crippen LogP contribution in [0.15, 0.2) is 59.7 Å². The molecule has 0 aliphatic carbocycles. The maximum Gasteiger partial charge on any atom is 0.255 e. The van der Waals surface area contributed by atoms with Gasteiger partial charge in [-0.25, -0.2) is 9.67 Å². The Morgan fingerprint density at radius 3 is 2.77 bits per heavy atom. The second-order valence-corrected chi connectivity index (χ2v) is 7.92. The third-order valence-electron chi connectivity index (χ3n) is 4.85. The number of thiazole rings is 1. The molecule has 0 saturated carbocycles. The standard InChI is InChI=1S/C22H19ClN4O2S/c1-14-16(9-15-3-5-18(6-4-15)27-8-2-7-26-27)10-19(21(28)20(14)23)22(29)24-11-17-12-30-13-25-17/h2-8,10,12-13,28H,9,11H2,1H3,(H,24,29). The number of benzene rings is 2. The van der Waals surface area contributed by atoms with E-state index in [0.717, 1.165) is 28.1 Å². The molecule has 0 fully saturated rings. The minimum absolute atomic E-state index is 0.156. The molecule has 4 rings (SSSR count). The van der Waals surface area contributed by atoms with Crippen LogP contribution in [-0.2, 0) is 13.0 Å². The minimum Gasteiger partial charge on any atom is -0.506 e. The summed E-state index contributed by atoms with van der Waals surface area (Å²) in [6.07, 6.45) is 4.20. The number of hydrogen-bond acceptors (Lipinski definition) is 5. The highest BCUT2D eigenvalue weighted by atomic mass is 35.5. The topological polar surface area (TPSA) is 80.0 Å². The van der Waals surface area contributed by atoms with E-state index in [-0.39, 0.29) is 22.9 Å². The van der Waals surface area contributed by atoms with Gasteiger partial charge in [-0.05, 0) is 54.3 Å². The Labute approximate surface area is 182 Å². The quantitative estimate of drug-likeness (QED) is 0.464. The lowest BCUT2D eigenvalue weighted by Gasteiger charge is -2.14. The van der Waals surface area contributed by atoms with Gasteiger partial charge in [0, 0.05) is 17.8 Å². The van der Waals surface area contributed by atoms with Gasteiger partial charge in [0.15, 0.2) is 0 Å². The summed E-state index contributed by atoms with van der Waals surface area (Å²) in [7, 11) is 0. The number of phenolic OH excluding ortho intramolecular Hbond substituents is 1. The maximum absolute atomic E-state index is 12.6. The number of carbonyl (C=O) groups excluding carboxylic acids is 1. The van der Waals surface area contributed by atoms with E-state index in [0.29, 0.717) is 6.42 Å². The van der Waals surface area contributed by atoms with Crippen molar-refractivity contribution in [2.24, 2.45) is 0 Å². The molecule has 0 aliphatic rings. The Morgan fingerprint density at radius 1 is 1.30 bits per heavy atom. The molecule has 0 saturated heterocycles. The van der Waals surface area contributed by atoms with Gasteiger partial charge in [0.1, 0.15) is 5.75 Å². The molecule has 0 radical (unpaired) electrons. The Morgan fingerprint density at radius 2 is 2.10 bits per heavy atom. The van der Waals surface area contributed by atoms with Gasteiger partial charge in [-0.15, -0.1) is 11.3 Å². The van der Waals surface area contributed by atoms with Crippen LogP contribution < -0.4 is 5.32 Å². The first-order chi connectivity index (χ1) is 14.5. The maximum atomic E-state index is 12.6. The number of hydrogen-bond donors (Lipinski definition) is 2. The zero-order chi connectivity index (χ0) is 21.1. The number of aromatic nitrogens is 3. The molecular formula is C22H19ClN4O2S. The van der Waals surface area contributed by atoms with Crippen LogP contribution in [0.3, 0.4) is 0 Å². The van der Waals surface area contributed by atoms with E-state index >= 15 is 0 Å². The fourth-order valence-corrected chi connectivity index (χ4v) is 3.92. The first kappa shape index (κ1) is 20.1. The van der Waals surface area contributed by atoms with Gasteiger partial charge in [-0.1, -0.05) is 23.7 Å². The lowest BCUT2D eigenvalue weighted by Crippen LogP contribution is -2.23. The van der Waals surface area contributed by atoms with Crippen LogP contribution in [0.1, 0.15) is 32.7 Å². The van der Waals surface area contributed by atoms with E-state index in [1.54, 1.807) is 22.5 Å². The van der Waals surface area contributed by atoms with Crippen molar-refractivity contribution in [3.63, 3.8) is 0 Å². The largest absolute Gasteiger partial charge is 0.506 e. The third-order valence-corrected chi connectivity index (χ3v) is 5.95. The van der Waals surface area contributed by atoms with E-state index in [4.69, 9.17) is 11.6 Å². The monoisotopic (exact) mass is 438 g/mol. The van der Waals surface area contributed by atoms with E-state index < -0.39 is 5.91 Å². The molecule has 2 aromatic carbocycles. The molecule has 0 unspecified atom stereocenters. The second kappa shape index (κ2) is 8.69. The summed E-state index contributed by atoms with van der Waals surface area (Å²) in [6.45, 7) is 2.13. The predicted octanol–water partition coefficient (Wildman–Crippen LogP) is 4.52. The van der Waals surface area contributed by atoms with Crippen molar-refractivity contribution in [3.05, 3.63) is 92.7 Å². The molecule has 1 amide bonds. The van der Waals surface area contributed by atoms with Crippen molar-refractivity contribution in [2.75, 3.05) is 0 Å². The van der Waals surface area contributed by atoms with Crippen LogP contribution in [0, 0.1) is 6.92 Å². The average molecular weight is 439 g/mol. The highest BCUT2D eigenvalue weighted by Gasteiger charge is 2.19. The van der Waals surface area contributed by atoms with Crippen molar-refractivity contribution in [2.45, 2.75) is 19.9 Å². The summed E-state index contributed by atoms with van der Waals surface area (Å²) < 4.78 is 1.79. The van der Waals surface area contributed by atoms with Gasteiger partial charge in [0.25, 0.3) is 5.91 Å². The average Bonchev–Trinajstić information content (AvgIpc) is 3.47. The number of nitrogens with one attached hydrogen (secondary N) is 1. The predicted molar refractivity (Wildman–Crippen MR) is 118 cm³/mol. The van der Waals surface area contributed by atoms with Crippen LogP contribution in [0.5, 0.6) is 5.75 Å². The van der Waals surface area contributed by atoms with Crippen molar-refractivity contribution in [1.82, 2.24) is 20.1 Å². The number of aromatic hydroxyl groups is 1. The van der Waals surface area contributed by atoms with Crippen LogP contribution in [-0.4, -0.2) is 25.8 Å². The molecule has 0 bridgehead atoms. The molecule has 2 N–H and O–H groups in total. The summed E-state index contributed by atoms with van der Waals surface area (Å²) in [5.74, 6) is -0.597. The number of amides is 1.